The molecule has 1 amide bonds. The van der Waals surface area contributed by atoms with Gasteiger partial charge in [0, 0.05) is 10.9 Å². The number of hydrogen-bond donors (Lipinski definition) is 2. The number of carbonyl (C=O) groups is 1. The van der Waals surface area contributed by atoms with Gasteiger partial charge in [0.2, 0.25) is 5.91 Å². The minimum Gasteiger partial charge on any atom is -0.368 e. The first kappa shape index (κ1) is 16.1. The Bertz CT molecular complexity index is 432. The number of rotatable bonds is 7. The normalized spacial score (nSPS) is 12.7. The van der Waals surface area contributed by atoms with Crippen LogP contribution in [0.5, 0.6) is 0 Å². The number of aryl methyl sites for hydroxylation is 2. The van der Waals surface area contributed by atoms with Gasteiger partial charge in [-0.25, -0.2) is 0 Å². The van der Waals surface area contributed by atoms with E-state index in [1.165, 1.54) is 16.0 Å². The second kappa shape index (κ2) is 7.56. The summed E-state index contributed by atoms with van der Waals surface area (Å²) in [6, 6.07) is 6.48. The minimum atomic E-state index is -0.269. The van der Waals surface area contributed by atoms with E-state index in [4.69, 9.17) is 5.73 Å². The van der Waals surface area contributed by atoms with Gasteiger partial charge >= 0.3 is 0 Å². The average Bonchev–Trinajstić information content (AvgIpc) is 2.31. The van der Waals surface area contributed by atoms with Crippen LogP contribution in [0.3, 0.4) is 0 Å². The van der Waals surface area contributed by atoms with Gasteiger partial charge in [-0.15, -0.1) is 11.8 Å². The van der Waals surface area contributed by atoms with Gasteiger partial charge in [0.15, 0.2) is 0 Å². The summed E-state index contributed by atoms with van der Waals surface area (Å²) in [5.41, 5.74) is 8.01. The third-order valence-electron chi connectivity index (χ3n) is 3.03. The van der Waals surface area contributed by atoms with Gasteiger partial charge in [-0.2, -0.15) is 0 Å². The molecule has 1 rings (SSSR count). The lowest BCUT2D eigenvalue weighted by molar-refractivity contribution is -0.120. The Morgan fingerprint density at radius 2 is 2.00 bits per heavy atom. The highest BCUT2D eigenvalue weighted by Crippen LogP contribution is 2.22. The van der Waals surface area contributed by atoms with Gasteiger partial charge in [-0.05, 0) is 49.3 Å². The smallest absolute Gasteiger partial charge is 0.234 e. The van der Waals surface area contributed by atoms with Crippen molar-refractivity contribution in [1.29, 1.82) is 0 Å². The Balaban J connectivity index is 2.47. The van der Waals surface area contributed by atoms with Gasteiger partial charge in [0.1, 0.15) is 0 Å². The van der Waals surface area contributed by atoms with E-state index in [1.807, 2.05) is 13.8 Å². The minimum absolute atomic E-state index is 0.237. The summed E-state index contributed by atoms with van der Waals surface area (Å²) in [5.74, 6) is 0.616. The molecule has 4 heteroatoms. The van der Waals surface area contributed by atoms with Gasteiger partial charge in [0.25, 0.3) is 0 Å². The van der Waals surface area contributed by atoms with Crippen LogP contribution in [0, 0.1) is 13.8 Å². The highest BCUT2D eigenvalue weighted by atomic mass is 32.2. The summed E-state index contributed by atoms with van der Waals surface area (Å²) in [6.45, 7) is 8.27. The number of amides is 1. The Morgan fingerprint density at radius 3 is 2.53 bits per heavy atom. The first-order chi connectivity index (χ1) is 8.90. The molecule has 0 saturated heterocycles. The van der Waals surface area contributed by atoms with E-state index in [0.717, 1.165) is 12.2 Å². The maximum atomic E-state index is 11.3. The van der Waals surface area contributed by atoms with Crippen molar-refractivity contribution in [2.24, 2.45) is 5.73 Å². The van der Waals surface area contributed by atoms with Gasteiger partial charge < -0.3 is 11.1 Å². The first-order valence-corrected chi connectivity index (χ1v) is 7.64. The molecule has 0 aliphatic heterocycles. The highest BCUT2D eigenvalue weighted by Gasteiger charge is 2.15. The number of benzene rings is 1. The third-order valence-corrected chi connectivity index (χ3v) is 4.06. The summed E-state index contributed by atoms with van der Waals surface area (Å²) in [7, 11) is 0. The van der Waals surface area contributed by atoms with Gasteiger partial charge in [-0.3, -0.25) is 4.79 Å². The molecule has 0 heterocycles. The molecule has 1 unspecified atom stereocenters. The molecule has 106 valence electrons. The fourth-order valence-electron chi connectivity index (χ4n) is 1.81. The molecule has 0 aromatic heterocycles. The molecular weight excluding hydrogens is 256 g/mol. The summed E-state index contributed by atoms with van der Waals surface area (Å²) in [5, 5.41) is 3.20. The maximum Gasteiger partial charge on any atom is 0.234 e. The lowest BCUT2D eigenvalue weighted by Crippen LogP contribution is -2.44. The molecule has 0 saturated carbocycles. The van der Waals surface area contributed by atoms with Crippen molar-refractivity contribution in [2.45, 2.75) is 51.1 Å². The van der Waals surface area contributed by atoms with Crippen molar-refractivity contribution in [3.8, 4) is 0 Å². The standard InChI is InChI=1S/C15H24N2OS/c1-10(2)17-14(15(16)18)7-8-19-13-6-5-11(3)12(4)9-13/h5-6,9-10,14,17H,7-8H2,1-4H3,(H2,16,18). The molecule has 0 aliphatic rings. The molecular formula is C15H24N2OS. The number of nitrogens with one attached hydrogen (secondary N) is 1. The predicted molar refractivity (Wildman–Crippen MR) is 82.5 cm³/mol. The number of carbonyl (C=O) groups excluding carboxylic acids is 1. The zero-order valence-corrected chi connectivity index (χ0v) is 13.0. The molecule has 0 fully saturated rings. The van der Waals surface area contributed by atoms with E-state index in [1.54, 1.807) is 11.8 Å². The van der Waals surface area contributed by atoms with Crippen LogP contribution >= 0.6 is 11.8 Å². The number of hydrogen-bond acceptors (Lipinski definition) is 3. The lowest BCUT2D eigenvalue weighted by Gasteiger charge is -2.17. The summed E-state index contributed by atoms with van der Waals surface area (Å²) in [4.78, 5) is 12.6. The van der Waals surface area contributed by atoms with Crippen molar-refractivity contribution in [1.82, 2.24) is 5.32 Å². The summed E-state index contributed by atoms with van der Waals surface area (Å²) < 4.78 is 0. The molecule has 0 bridgehead atoms. The van der Waals surface area contributed by atoms with Crippen LogP contribution in [0.4, 0.5) is 0 Å². The van der Waals surface area contributed by atoms with Crippen molar-refractivity contribution < 1.29 is 4.79 Å². The van der Waals surface area contributed by atoms with Gasteiger partial charge in [0.05, 0.1) is 6.04 Å². The van der Waals surface area contributed by atoms with Crippen LogP contribution in [-0.2, 0) is 4.79 Å². The fraction of sp³-hybridized carbons (Fsp3) is 0.533. The Labute approximate surface area is 120 Å². The van der Waals surface area contributed by atoms with E-state index in [0.29, 0.717) is 0 Å². The Morgan fingerprint density at radius 1 is 1.32 bits per heavy atom. The van der Waals surface area contributed by atoms with E-state index in [9.17, 15) is 4.79 Å². The average molecular weight is 280 g/mol. The van der Waals surface area contributed by atoms with Crippen LogP contribution in [0.1, 0.15) is 31.4 Å². The van der Waals surface area contributed by atoms with Crippen molar-refractivity contribution >= 4 is 17.7 Å². The fourth-order valence-corrected chi connectivity index (χ4v) is 2.82. The monoisotopic (exact) mass is 280 g/mol. The number of thioether (sulfide) groups is 1. The third kappa shape index (κ3) is 5.66. The second-order valence-corrected chi connectivity index (χ2v) is 6.33. The molecule has 1 aromatic carbocycles. The molecule has 0 spiro atoms. The number of primary amides is 1. The van der Waals surface area contributed by atoms with Crippen LogP contribution in [0.15, 0.2) is 23.1 Å². The van der Waals surface area contributed by atoms with E-state index < -0.39 is 0 Å². The van der Waals surface area contributed by atoms with Crippen molar-refractivity contribution in [2.75, 3.05) is 5.75 Å². The van der Waals surface area contributed by atoms with Crippen LogP contribution in [-0.4, -0.2) is 23.7 Å². The highest BCUT2D eigenvalue weighted by molar-refractivity contribution is 7.99. The SMILES string of the molecule is Cc1ccc(SCCC(NC(C)C)C(N)=O)cc1C. The van der Waals surface area contributed by atoms with Gasteiger partial charge in [-0.1, -0.05) is 19.9 Å². The van der Waals surface area contributed by atoms with Crippen molar-refractivity contribution in [3.05, 3.63) is 29.3 Å². The van der Waals surface area contributed by atoms with E-state index >= 15 is 0 Å². The zero-order chi connectivity index (χ0) is 14.4. The number of nitrogens with two attached hydrogens (primary N) is 1. The summed E-state index contributed by atoms with van der Waals surface area (Å²) >= 11 is 1.77. The van der Waals surface area contributed by atoms with Crippen LogP contribution in [0.2, 0.25) is 0 Å². The molecule has 1 atom stereocenters. The van der Waals surface area contributed by atoms with Crippen molar-refractivity contribution in [3.63, 3.8) is 0 Å². The molecule has 1 aromatic rings. The molecule has 19 heavy (non-hydrogen) atoms. The van der Waals surface area contributed by atoms with E-state index in [2.05, 4.69) is 37.4 Å². The molecule has 3 nitrogen and oxygen atoms in total. The van der Waals surface area contributed by atoms with E-state index in [-0.39, 0.29) is 18.0 Å². The molecule has 0 radical (unpaired) electrons. The Hall–Kier alpha value is -1.00. The van der Waals surface area contributed by atoms with Crippen LogP contribution in [0.25, 0.3) is 0 Å². The first-order valence-electron chi connectivity index (χ1n) is 6.65. The zero-order valence-electron chi connectivity index (χ0n) is 12.2. The summed E-state index contributed by atoms with van der Waals surface area (Å²) in [6.07, 6.45) is 0.755. The maximum absolute atomic E-state index is 11.3. The molecule has 3 N–H and O–H groups in total. The molecule has 0 aliphatic carbocycles. The Kier molecular flexibility index (Phi) is 6.38. The largest absolute Gasteiger partial charge is 0.368 e. The lowest BCUT2D eigenvalue weighted by atomic mass is 10.1. The topological polar surface area (TPSA) is 55.1 Å². The second-order valence-electron chi connectivity index (χ2n) is 5.16. The van der Waals surface area contributed by atoms with Crippen LogP contribution < -0.4 is 11.1 Å². The predicted octanol–water partition coefficient (Wildman–Crippen LogP) is 2.64. The quantitative estimate of drug-likeness (QED) is 0.755.